The number of hydrogen-bond donors (Lipinski definition) is 2. The van der Waals surface area contributed by atoms with Crippen molar-refractivity contribution in [2.45, 2.75) is 50.4 Å². The second kappa shape index (κ2) is 15.0. The molecule has 9 heteroatoms. The molecule has 3 amide bonds. The molecule has 2 heterocycles. The average molecular weight is 699 g/mol. The number of imide groups is 1. The summed E-state index contributed by atoms with van der Waals surface area (Å²) >= 11 is 1.69. The van der Waals surface area contributed by atoms with E-state index in [9.17, 15) is 19.5 Å². The third kappa shape index (κ3) is 7.52. The Kier molecular flexibility index (Phi) is 10.1. The van der Waals surface area contributed by atoms with Crippen molar-refractivity contribution in [1.82, 2.24) is 4.90 Å². The minimum Gasteiger partial charge on any atom is -0.392 e. The van der Waals surface area contributed by atoms with Gasteiger partial charge in [0.1, 0.15) is 0 Å². The summed E-state index contributed by atoms with van der Waals surface area (Å²) in [6.07, 6.45) is -1.05. The van der Waals surface area contributed by atoms with Crippen LogP contribution >= 0.6 is 11.8 Å². The molecule has 0 aliphatic carbocycles. The number of anilines is 1. The maximum absolute atomic E-state index is 13.0. The molecule has 0 bridgehead atoms. The Hall–Kier alpha value is -5.06. The highest BCUT2D eigenvalue weighted by atomic mass is 32.2. The largest absolute Gasteiger partial charge is 0.392 e. The second-order valence-electron chi connectivity index (χ2n) is 12.9. The van der Waals surface area contributed by atoms with E-state index in [1.165, 1.54) is 11.8 Å². The van der Waals surface area contributed by atoms with E-state index in [1.54, 1.807) is 36.0 Å². The van der Waals surface area contributed by atoms with Gasteiger partial charge >= 0.3 is 0 Å². The molecule has 4 atom stereocenters. The lowest BCUT2D eigenvalue weighted by molar-refractivity contribution is -0.268. The molecule has 0 spiro atoms. The number of amides is 3. The summed E-state index contributed by atoms with van der Waals surface area (Å²) in [5, 5.41) is 12.4. The summed E-state index contributed by atoms with van der Waals surface area (Å²) in [5.41, 5.74) is 7.10. The van der Waals surface area contributed by atoms with Crippen LogP contribution in [0, 0.1) is 5.92 Å². The average Bonchev–Trinajstić information content (AvgIpc) is 3.39. The summed E-state index contributed by atoms with van der Waals surface area (Å²) in [4.78, 5) is 39.9. The summed E-state index contributed by atoms with van der Waals surface area (Å²) in [6.45, 7) is 3.78. The molecule has 2 aliphatic rings. The van der Waals surface area contributed by atoms with Crippen LogP contribution in [0.1, 0.15) is 69.2 Å². The molecule has 8 nitrogen and oxygen atoms in total. The Morgan fingerprint density at radius 2 is 1.43 bits per heavy atom. The fourth-order valence-electron chi connectivity index (χ4n) is 6.61. The quantitative estimate of drug-likeness (QED) is 0.112. The van der Waals surface area contributed by atoms with Crippen LogP contribution in [0.3, 0.4) is 0 Å². The lowest BCUT2D eigenvalue weighted by Crippen LogP contribution is -2.38. The molecule has 4 unspecified atom stereocenters. The Morgan fingerprint density at radius 1 is 0.765 bits per heavy atom. The van der Waals surface area contributed by atoms with Gasteiger partial charge in [-0.25, -0.2) is 0 Å². The molecular weight excluding hydrogens is 661 g/mol. The van der Waals surface area contributed by atoms with Crippen molar-refractivity contribution < 1.29 is 29.0 Å². The number of aliphatic hydroxyl groups is 1. The summed E-state index contributed by atoms with van der Waals surface area (Å²) < 4.78 is 13.4. The third-order valence-corrected chi connectivity index (χ3v) is 10.5. The smallest absolute Gasteiger partial charge is 0.261 e. The minimum atomic E-state index is -0.641. The summed E-state index contributed by atoms with van der Waals surface area (Å²) in [5.74, 6) is 0.0420. The number of carbonyl (C=O) groups is 3. The molecule has 5 aromatic rings. The van der Waals surface area contributed by atoms with Crippen molar-refractivity contribution in [3.05, 3.63) is 155 Å². The third-order valence-electron chi connectivity index (χ3n) is 9.35. The van der Waals surface area contributed by atoms with Crippen LogP contribution in [-0.4, -0.2) is 39.6 Å². The van der Waals surface area contributed by atoms with Crippen LogP contribution in [0.5, 0.6) is 0 Å². The van der Waals surface area contributed by atoms with E-state index in [-0.39, 0.29) is 49.0 Å². The van der Waals surface area contributed by atoms with Crippen molar-refractivity contribution in [3.8, 4) is 11.1 Å². The zero-order valence-electron chi connectivity index (χ0n) is 28.3. The first-order chi connectivity index (χ1) is 24.8. The Bertz CT molecular complexity index is 2030. The molecule has 51 heavy (non-hydrogen) atoms. The first kappa shape index (κ1) is 34.4. The van der Waals surface area contributed by atoms with E-state index in [4.69, 9.17) is 9.47 Å². The van der Waals surface area contributed by atoms with E-state index in [1.807, 2.05) is 91.0 Å². The van der Waals surface area contributed by atoms with Gasteiger partial charge in [0, 0.05) is 34.7 Å². The van der Waals surface area contributed by atoms with Gasteiger partial charge in [-0.15, -0.1) is 11.8 Å². The Labute approximate surface area is 301 Å². The molecule has 7 rings (SSSR count). The highest BCUT2D eigenvalue weighted by Gasteiger charge is 2.39. The van der Waals surface area contributed by atoms with Crippen LogP contribution in [0.2, 0.25) is 0 Å². The van der Waals surface area contributed by atoms with Crippen LogP contribution in [0.4, 0.5) is 5.69 Å². The van der Waals surface area contributed by atoms with Crippen LogP contribution in [0.15, 0.2) is 126 Å². The van der Waals surface area contributed by atoms with Gasteiger partial charge in [0.25, 0.3) is 11.8 Å². The van der Waals surface area contributed by atoms with Crippen molar-refractivity contribution in [2.24, 2.45) is 5.92 Å². The summed E-state index contributed by atoms with van der Waals surface area (Å²) in [7, 11) is 0. The van der Waals surface area contributed by atoms with Crippen LogP contribution in [-0.2, 0) is 27.4 Å². The lowest BCUT2D eigenvalue weighted by atomic mass is 9.91. The molecule has 0 saturated carbocycles. The van der Waals surface area contributed by atoms with Crippen LogP contribution in [0.25, 0.3) is 11.1 Å². The SMILES string of the molecule is CC(=O)Nc1ccc(SCC2OC(c3cccc(-c4cccc(CN5C(=O)c6ccccc6C5=O)c4)c3)OC(c3ccc(CO)cc3)C2C)cc1. The molecule has 5 aromatic carbocycles. The second-order valence-corrected chi connectivity index (χ2v) is 14.0. The van der Waals surface area contributed by atoms with Crippen molar-refractivity contribution in [3.63, 3.8) is 0 Å². The van der Waals surface area contributed by atoms with Gasteiger partial charge in [-0.1, -0.05) is 79.7 Å². The number of nitrogens with one attached hydrogen (secondary N) is 1. The number of fused-ring (bicyclic) bond motifs is 1. The van der Waals surface area contributed by atoms with E-state index < -0.39 is 6.29 Å². The topological polar surface area (TPSA) is 105 Å². The number of ether oxygens (including phenoxy) is 2. The van der Waals surface area contributed by atoms with E-state index in [2.05, 4.69) is 18.3 Å². The standard InChI is InChI=1S/C42H38N2O6S/c1-26-38(25-51-35-19-17-34(18-20-35)43-27(2)46)49-42(50-39(26)30-15-13-28(24-45)14-16-30)33-10-6-9-32(22-33)31-8-5-7-29(21-31)23-44-40(47)36-11-3-4-12-37(36)41(44)48/h3-22,26,38-39,42,45H,23-25H2,1-2H3,(H,43,46). The first-order valence-electron chi connectivity index (χ1n) is 16.9. The maximum Gasteiger partial charge on any atom is 0.261 e. The number of nitrogens with zero attached hydrogens (tertiary/aromatic N) is 1. The maximum atomic E-state index is 13.0. The molecule has 1 fully saturated rings. The number of rotatable bonds is 10. The van der Waals surface area contributed by atoms with Crippen molar-refractivity contribution in [1.29, 1.82) is 0 Å². The van der Waals surface area contributed by atoms with E-state index >= 15 is 0 Å². The molecular formula is C42H38N2O6S. The van der Waals surface area contributed by atoms with E-state index in [0.29, 0.717) is 16.9 Å². The number of aliphatic hydroxyl groups excluding tert-OH is 1. The first-order valence-corrected chi connectivity index (χ1v) is 17.9. The fraction of sp³-hybridized carbons (Fsp3) is 0.214. The number of carbonyl (C=O) groups excluding carboxylic acids is 3. The summed E-state index contributed by atoms with van der Waals surface area (Å²) in [6, 6.07) is 38.5. The van der Waals surface area contributed by atoms with Crippen LogP contribution < -0.4 is 5.32 Å². The zero-order valence-corrected chi connectivity index (χ0v) is 29.1. The predicted molar refractivity (Wildman–Crippen MR) is 197 cm³/mol. The Morgan fingerprint density at radius 3 is 2.10 bits per heavy atom. The molecule has 1 saturated heterocycles. The molecule has 2 N–H and O–H groups in total. The molecule has 258 valence electrons. The molecule has 0 radical (unpaired) electrons. The fourth-order valence-corrected chi connectivity index (χ4v) is 7.67. The Balaban J connectivity index is 1.12. The number of benzene rings is 5. The number of thioether (sulfide) groups is 1. The van der Waals surface area contributed by atoms with Gasteiger partial charge < -0.3 is 19.9 Å². The monoisotopic (exact) mass is 698 g/mol. The van der Waals surface area contributed by atoms with Gasteiger partial charge in [-0.05, 0) is 76.3 Å². The van der Waals surface area contributed by atoms with Gasteiger partial charge in [0.15, 0.2) is 6.29 Å². The normalized spacial score (nSPS) is 19.9. The van der Waals surface area contributed by atoms with Gasteiger partial charge in [-0.2, -0.15) is 0 Å². The molecule has 2 aliphatic heterocycles. The highest BCUT2D eigenvalue weighted by molar-refractivity contribution is 7.99. The van der Waals surface area contributed by atoms with Gasteiger partial charge in [0.2, 0.25) is 5.91 Å². The minimum absolute atomic E-state index is 0.0226. The number of hydrogen-bond acceptors (Lipinski definition) is 7. The van der Waals surface area contributed by atoms with Crippen molar-refractivity contribution in [2.75, 3.05) is 11.1 Å². The van der Waals surface area contributed by atoms with Gasteiger partial charge in [-0.3, -0.25) is 19.3 Å². The lowest BCUT2D eigenvalue weighted by Gasteiger charge is -2.41. The predicted octanol–water partition coefficient (Wildman–Crippen LogP) is 8.18. The van der Waals surface area contributed by atoms with Crippen molar-refractivity contribution >= 4 is 35.2 Å². The van der Waals surface area contributed by atoms with E-state index in [0.717, 1.165) is 44.0 Å². The van der Waals surface area contributed by atoms with Gasteiger partial charge in [0.05, 0.1) is 36.5 Å². The highest BCUT2D eigenvalue weighted by Crippen LogP contribution is 2.43. The zero-order chi connectivity index (χ0) is 35.5. The molecule has 0 aromatic heterocycles.